The fraction of sp³-hybridized carbons (Fsp3) is 0. The molecule has 0 saturated heterocycles. The van der Waals surface area contributed by atoms with Crippen molar-refractivity contribution in [3.05, 3.63) is 0 Å². The van der Waals surface area contributed by atoms with E-state index in [0.29, 0.717) is 0 Å². The molecule has 2 unspecified atom stereocenters. The average Bonchev–Trinajstić information content (AvgIpc) is 1.14. The van der Waals surface area contributed by atoms with Gasteiger partial charge in [-0.05, 0) is 0 Å². The topological polar surface area (TPSA) is 260 Å². The standard InChI is InChI=1S/2H3N.H4O7P2.2H2O.Pt/c;;1-8(2,3)7-9(4,5)6;;;/h2*1H3;(H2,1,2,3)(H2,4,5,6);2*1H2;/q;;;;;+4/p-4. The largest absolute Gasteiger partial charge is 4.00 e. The molecule has 10 N–H and O–H groups in total. The van der Waals surface area contributed by atoms with Crippen molar-refractivity contribution in [2.24, 2.45) is 0 Å². The van der Waals surface area contributed by atoms with Crippen molar-refractivity contribution in [1.29, 1.82) is 0 Å². The Bertz CT molecular complexity index is 161. The average molecular weight is 439 g/mol. The van der Waals surface area contributed by atoms with Gasteiger partial charge in [-0.15, -0.1) is 0 Å². The summed E-state index contributed by atoms with van der Waals surface area (Å²) in [7, 11) is -10.7. The predicted octanol–water partition coefficient (Wildman–Crippen LogP) is -2.11. The van der Waals surface area contributed by atoms with Gasteiger partial charge in [0.05, 0.1) is 0 Å². The first-order valence-electron chi connectivity index (χ1n) is 1.50. The molecule has 0 radical (unpaired) electrons. The Morgan fingerprint density at radius 1 is 0.929 bits per heavy atom. The van der Waals surface area contributed by atoms with Crippen LogP contribution >= 0.6 is 15.6 Å². The fourth-order valence-corrected chi connectivity index (χ4v) is 1.17. The van der Waals surface area contributed by atoms with Crippen molar-refractivity contribution in [3.63, 3.8) is 0 Å². The first-order chi connectivity index (χ1) is 3.71. The molecular weight excluding hydrogens is 429 g/mol. The molecule has 0 spiro atoms. The van der Waals surface area contributed by atoms with Gasteiger partial charge >= 0.3 is 21.1 Å². The Morgan fingerprint density at radius 3 is 1.07 bits per heavy atom. The number of hydrogen-bond acceptors (Lipinski definition) is 9. The van der Waals surface area contributed by atoms with Gasteiger partial charge in [-0.25, -0.2) is 4.31 Å². The second-order valence-electron chi connectivity index (χ2n) is 1.02. The second kappa shape index (κ2) is 11.9. The Labute approximate surface area is 93.4 Å². The summed E-state index contributed by atoms with van der Waals surface area (Å²) in [6.07, 6.45) is 0. The predicted molar refractivity (Wildman–Crippen MR) is 34.7 cm³/mol. The van der Waals surface area contributed by atoms with Crippen LogP contribution in [0.2, 0.25) is 0 Å². The molecule has 0 bridgehead atoms. The monoisotopic (exact) mass is 439 g/mol. The molecule has 0 aliphatic heterocycles. The summed E-state index contributed by atoms with van der Waals surface area (Å²) >= 11 is 0. The second-order valence-corrected chi connectivity index (χ2v) is 3.55. The van der Waals surface area contributed by atoms with E-state index < -0.39 is 15.6 Å². The van der Waals surface area contributed by atoms with E-state index in [4.69, 9.17) is 9.79 Å². The molecule has 14 heteroatoms. The Hall–Kier alpha value is 0.788. The molecule has 11 nitrogen and oxygen atoms in total. The van der Waals surface area contributed by atoms with Gasteiger partial charge in [-0.3, -0.25) is 9.13 Å². The Balaban J connectivity index is -0.0000000320. The maximum Gasteiger partial charge on any atom is 4.00 e. The maximum absolute atomic E-state index is 9.48. The number of rotatable bonds is 2. The van der Waals surface area contributed by atoms with Crippen molar-refractivity contribution in [2.45, 2.75) is 0 Å². The van der Waals surface area contributed by atoms with Crippen LogP contribution in [0.5, 0.6) is 0 Å². The van der Waals surface area contributed by atoms with Gasteiger partial charge in [0, 0.05) is 0 Å². The van der Waals surface area contributed by atoms with Crippen molar-refractivity contribution >= 4 is 15.6 Å². The van der Waals surface area contributed by atoms with Crippen LogP contribution in [0.25, 0.3) is 0 Å². The molecule has 2 atom stereocenters. The van der Waals surface area contributed by atoms with E-state index in [1.165, 1.54) is 0 Å². The molecule has 0 saturated carbocycles. The molecule has 94 valence electrons. The summed E-state index contributed by atoms with van der Waals surface area (Å²) in [4.78, 5) is 34.1. The molecule has 0 aromatic rings. The van der Waals surface area contributed by atoms with E-state index in [9.17, 15) is 18.9 Å². The molecule has 0 heterocycles. The van der Waals surface area contributed by atoms with E-state index in [1.54, 1.807) is 0 Å². The summed E-state index contributed by atoms with van der Waals surface area (Å²) in [5.74, 6) is 0. The van der Waals surface area contributed by atoms with Crippen molar-refractivity contribution in [3.8, 4) is 0 Å². The summed E-state index contributed by atoms with van der Waals surface area (Å²) in [6.45, 7) is 0. The molecule has 14 heavy (non-hydrogen) atoms. The van der Waals surface area contributed by atoms with Gasteiger partial charge < -0.3 is 42.8 Å². The van der Waals surface area contributed by atoms with E-state index in [2.05, 4.69) is 4.31 Å². The number of phosphoric acid groups is 2. The van der Waals surface area contributed by atoms with Crippen LogP contribution in [-0.4, -0.2) is 20.7 Å². The SMILES string of the molecule is N.N.O=P([O-])(O)OP(=O)([O-])O.[OH-].[OH-].[Pt+4]. The van der Waals surface area contributed by atoms with Gasteiger partial charge in [0.1, 0.15) is 0 Å². The van der Waals surface area contributed by atoms with Crippen LogP contribution in [0.4, 0.5) is 0 Å². The minimum Gasteiger partial charge on any atom is -0.870 e. The van der Waals surface area contributed by atoms with Gasteiger partial charge in [0.2, 0.25) is 0 Å². The molecule has 0 aromatic heterocycles. The van der Waals surface area contributed by atoms with Crippen LogP contribution in [0, 0.1) is 0 Å². The van der Waals surface area contributed by atoms with Gasteiger partial charge in [0.15, 0.2) is 0 Å². The van der Waals surface area contributed by atoms with E-state index in [0.717, 1.165) is 0 Å². The molecule has 0 amide bonds. The normalized spacial score (nSPS) is 15.7. The first kappa shape index (κ1) is 36.4. The third-order valence-electron chi connectivity index (χ3n) is 0.206. The van der Waals surface area contributed by atoms with Gasteiger partial charge in [-0.2, -0.15) is 0 Å². The molecule has 0 aromatic carbocycles. The van der Waals surface area contributed by atoms with Crippen molar-refractivity contribution < 1.29 is 65.0 Å². The zero-order valence-electron chi connectivity index (χ0n) is 6.45. The zero-order chi connectivity index (χ0) is 7.71. The summed E-state index contributed by atoms with van der Waals surface area (Å²) in [5.41, 5.74) is 0. The van der Waals surface area contributed by atoms with Crippen LogP contribution in [-0.2, 0) is 34.5 Å². The van der Waals surface area contributed by atoms with E-state index in [-0.39, 0.29) is 44.3 Å². The first-order valence-corrected chi connectivity index (χ1v) is 4.49. The van der Waals surface area contributed by atoms with Crippen molar-refractivity contribution in [1.82, 2.24) is 12.3 Å². The minimum absolute atomic E-state index is 0. The van der Waals surface area contributed by atoms with Crippen LogP contribution < -0.4 is 22.1 Å². The molecule has 0 rings (SSSR count). The Morgan fingerprint density at radius 2 is 1.07 bits per heavy atom. The zero-order valence-corrected chi connectivity index (χ0v) is 10.5. The molecule has 0 fully saturated rings. The van der Waals surface area contributed by atoms with Crippen LogP contribution in [0.3, 0.4) is 0 Å². The van der Waals surface area contributed by atoms with Gasteiger partial charge in [-0.1, -0.05) is 0 Å². The van der Waals surface area contributed by atoms with Crippen LogP contribution in [0.15, 0.2) is 0 Å². The van der Waals surface area contributed by atoms with Crippen LogP contribution in [0.1, 0.15) is 0 Å². The summed E-state index contributed by atoms with van der Waals surface area (Å²) in [6, 6.07) is 0. The molecular formula is H10N2O9P2Pt. The quantitative estimate of drug-likeness (QED) is 0.338. The van der Waals surface area contributed by atoms with Gasteiger partial charge in [0.25, 0.3) is 15.6 Å². The summed E-state index contributed by atoms with van der Waals surface area (Å²) in [5, 5.41) is 0. The molecule has 0 aliphatic rings. The van der Waals surface area contributed by atoms with Crippen molar-refractivity contribution in [2.75, 3.05) is 0 Å². The minimum atomic E-state index is -5.36. The maximum atomic E-state index is 9.48. The number of hydrogen-bond donors (Lipinski definition) is 4. The molecule has 0 aliphatic carbocycles. The third kappa shape index (κ3) is 38.6. The third-order valence-corrected chi connectivity index (χ3v) is 1.86. The van der Waals surface area contributed by atoms with E-state index in [1.807, 2.05) is 0 Å². The van der Waals surface area contributed by atoms with E-state index >= 15 is 0 Å². The Kier molecular flexibility index (Phi) is 30.8. The smallest absolute Gasteiger partial charge is 0.870 e. The summed E-state index contributed by atoms with van der Waals surface area (Å²) < 4.78 is 21.7. The fourth-order valence-electron chi connectivity index (χ4n) is 0.130.